The van der Waals surface area contributed by atoms with Crippen molar-refractivity contribution >= 4 is 38.9 Å². The fourth-order valence-corrected chi connectivity index (χ4v) is 6.76. The number of carbonyl (C=O) groups excluding carboxylic acids is 1. The number of hydrogen-bond donors (Lipinski definition) is 2. The zero-order valence-corrected chi connectivity index (χ0v) is 19.8. The van der Waals surface area contributed by atoms with Crippen molar-refractivity contribution in [1.29, 1.82) is 0 Å². The molecule has 0 saturated carbocycles. The molecule has 0 saturated heterocycles. The largest absolute Gasteiger partial charge is 0.493 e. The Morgan fingerprint density at radius 2 is 2.00 bits per heavy atom. The topological polar surface area (TPSA) is 124 Å². The number of rotatable bonds is 2. The summed E-state index contributed by atoms with van der Waals surface area (Å²) in [5.41, 5.74) is 6.90. The first kappa shape index (κ1) is 22.5. The average molecular weight is 477 g/mol. The second kappa shape index (κ2) is 7.45. The maximum Gasteiger partial charge on any atom is 0.274 e. The molecule has 0 spiro atoms. The number of aryl methyl sites for hydroxylation is 1. The van der Waals surface area contributed by atoms with Crippen LogP contribution in [-0.2, 0) is 15.4 Å². The van der Waals surface area contributed by atoms with Gasteiger partial charge < -0.3 is 15.8 Å². The summed E-state index contributed by atoms with van der Waals surface area (Å²) in [6.07, 6.45) is 1.69. The fourth-order valence-electron chi connectivity index (χ4n) is 4.30. The van der Waals surface area contributed by atoms with Gasteiger partial charge in [0.05, 0.1) is 16.9 Å². The summed E-state index contributed by atoms with van der Waals surface area (Å²) in [7, 11) is -3.67. The third kappa shape index (κ3) is 3.34. The maximum atomic E-state index is 13.5. The van der Waals surface area contributed by atoms with E-state index in [1.165, 1.54) is 6.20 Å². The number of aliphatic imine (C=N–C) groups is 1. The van der Waals surface area contributed by atoms with Crippen LogP contribution in [-0.4, -0.2) is 41.7 Å². The van der Waals surface area contributed by atoms with E-state index < -0.39 is 31.3 Å². The molecule has 4 rings (SSSR count). The van der Waals surface area contributed by atoms with Gasteiger partial charge in [-0.15, -0.1) is 0 Å². The zero-order valence-electron chi connectivity index (χ0n) is 18.3. The van der Waals surface area contributed by atoms with Gasteiger partial charge in [-0.25, -0.2) is 13.4 Å². The van der Waals surface area contributed by atoms with Crippen LogP contribution in [0.2, 0.25) is 5.02 Å². The molecule has 3 N–H and O–H groups in total. The third-order valence-electron chi connectivity index (χ3n) is 6.36. The van der Waals surface area contributed by atoms with Crippen LogP contribution >= 0.6 is 11.6 Å². The van der Waals surface area contributed by atoms with E-state index in [-0.39, 0.29) is 24.6 Å². The lowest BCUT2D eigenvalue weighted by molar-refractivity contribution is 0.102. The number of nitrogens with two attached hydrogens (primary N) is 1. The van der Waals surface area contributed by atoms with Gasteiger partial charge in [0, 0.05) is 23.9 Å². The van der Waals surface area contributed by atoms with Crippen molar-refractivity contribution < 1.29 is 17.9 Å². The number of amides is 1. The predicted octanol–water partition coefficient (Wildman–Crippen LogP) is 3.23. The lowest BCUT2D eigenvalue weighted by Gasteiger charge is -2.43. The van der Waals surface area contributed by atoms with E-state index in [0.717, 1.165) is 0 Å². The highest BCUT2D eigenvalue weighted by atomic mass is 35.5. The van der Waals surface area contributed by atoms with Gasteiger partial charge in [0.2, 0.25) is 0 Å². The number of halogens is 1. The molecule has 0 aliphatic carbocycles. The summed E-state index contributed by atoms with van der Waals surface area (Å²) in [6, 6.07) is 6.76. The Labute approximate surface area is 192 Å². The molecule has 2 unspecified atom stereocenters. The van der Waals surface area contributed by atoms with Gasteiger partial charge in [0.15, 0.2) is 9.84 Å². The van der Waals surface area contributed by atoms with Crippen LogP contribution in [0, 0.1) is 6.92 Å². The van der Waals surface area contributed by atoms with E-state index in [9.17, 15) is 13.2 Å². The summed E-state index contributed by atoms with van der Waals surface area (Å²) < 4.78 is 31.5. The number of sulfone groups is 1. The van der Waals surface area contributed by atoms with Crippen molar-refractivity contribution in [3.63, 3.8) is 0 Å². The van der Waals surface area contributed by atoms with Crippen LogP contribution in [0.25, 0.3) is 0 Å². The number of aromatic nitrogens is 1. The standard InChI is InChI=1S/C22H25ClN4O4S/c1-12-9-13(23)11-25-18(12)19(28)26-14-5-6-16-15(10-14)22(4)17(7-8-31-16)32(29,30)21(2,3)20(24)27-22/h5-6,9-11,17H,7-8H2,1-4H3,(H2,24,27)(H,26,28). The second-order valence-electron chi connectivity index (χ2n) is 8.81. The van der Waals surface area contributed by atoms with E-state index in [2.05, 4.69) is 15.3 Å². The van der Waals surface area contributed by atoms with Crippen LogP contribution < -0.4 is 15.8 Å². The minimum Gasteiger partial charge on any atom is -0.493 e. The van der Waals surface area contributed by atoms with E-state index in [4.69, 9.17) is 22.1 Å². The monoisotopic (exact) mass is 476 g/mol. The number of hydrogen-bond acceptors (Lipinski definition) is 7. The molecule has 0 radical (unpaired) electrons. The van der Waals surface area contributed by atoms with Crippen LogP contribution in [0.4, 0.5) is 5.69 Å². The number of pyridine rings is 1. The van der Waals surface area contributed by atoms with Crippen LogP contribution in [0.3, 0.4) is 0 Å². The van der Waals surface area contributed by atoms with Gasteiger partial charge in [-0.1, -0.05) is 11.6 Å². The predicted molar refractivity (Wildman–Crippen MR) is 124 cm³/mol. The Morgan fingerprint density at radius 3 is 2.69 bits per heavy atom. The lowest BCUT2D eigenvalue weighted by Crippen LogP contribution is -2.59. The molecule has 2 aromatic rings. The van der Waals surface area contributed by atoms with E-state index in [1.807, 2.05) is 0 Å². The molecular weight excluding hydrogens is 452 g/mol. The fraction of sp³-hybridized carbons (Fsp3) is 0.409. The summed E-state index contributed by atoms with van der Waals surface area (Å²) in [4.78, 5) is 21.6. The molecule has 0 fully saturated rings. The number of anilines is 1. The van der Waals surface area contributed by atoms with Gasteiger partial charge in [-0.05, 0) is 57.5 Å². The summed E-state index contributed by atoms with van der Waals surface area (Å²) in [6.45, 7) is 6.88. The number of fused-ring (bicyclic) bond motifs is 3. The number of nitrogens with one attached hydrogen (secondary N) is 1. The maximum absolute atomic E-state index is 13.5. The SMILES string of the molecule is Cc1cc(Cl)cnc1C(=O)Nc1ccc2c(c1)C1(C)N=C(N)C(C)(C)S(=O)(=O)C1CCO2. The quantitative estimate of drug-likeness (QED) is 0.685. The molecule has 2 aliphatic rings. The van der Waals surface area contributed by atoms with Crippen molar-refractivity contribution in [3.05, 3.63) is 52.3 Å². The van der Waals surface area contributed by atoms with E-state index >= 15 is 0 Å². The Hall–Kier alpha value is -2.65. The third-order valence-corrected chi connectivity index (χ3v) is 9.64. The van der Waals surface area contributed by atoms with Crippen molar-refractivity contribution in [2.75, 3.05) is 11.9 Å². The van der Waals surface area contributed by atoms with E-state index in [1.54, 1.807) is 52.0 Å². The zero-order chi connectivity index (χ0) is 23.5. The van der Waals surface area contributed by atoms with Crippen molar-refractivity contribution in [3.8, 4) is 5.75 Å². The normalized spacial score (nSPS) is 25.4. The van der Waals surface area contributed by atoms with Crippen molar-refractivity contribution in [1.82, 2.24) is 4.98 Å². The Balaban J connectivity index is 1.79. The molecule has 3 heterocycles. The Bertz CT molecular complexity index is 1260. The molecule has 2 aliphatic heterocycles. The molecule has 1 amide bonds. The highest BCUT2D eigenvalue weighted by molar-refractivity contribution is 7.94. The molecule has 32 heavy (non-hydrogen) atoms. The van der Waals surface area contributed by atoms with Gasteiger partial charge in [0.1, 0.15) is 27.6 Å². The summed E-state index contributed by atoms with van der Waals surface area (Å²) in [5, 5.41) is 2.45. The minimum absolute atomic E-state index is 0.0551. The van der Waals surface area contributed by atoms with Crippen LogP contribution in [0.1, 0.15) is 48.8 Å². The van der Waals surface area contributed by atoms with Gasteiger partial charge in [0.25, 0.3) is 5.91 Å². The second-order valence-corrected chi connectivity index (χ2v) is 11.9. The Kier molecular flexibility index (Phi) is 5.25. The first-order chi connectivity index (χ1) is 14.9. The molecule has 0 bridgehead atoms. The highest BCUT2D eigenvalue weighted by Crippen LogP contribution is 2.48. The molecule has 10 heteroatoms. The average Bonchev–Trinajstić information content (AvgIpc) is 2.84. The number of amidine groups is 1. The number of ether oxygens (including phenoxy) is 1. The van der Waals surface area contributed by atoms with E-state index in [0.29, 0.717) is 27.6 Å². The molecular formula is C22H25ClN4O4S. The highest BCUT2D eigenvalue weighted by Gasteiger charge is 2.57. The first-order valence-electron chi connectivity index (χ1n) is 10.2. The van der Waals surface area contributed by atoms with Gasteiger partial charge >= 0.3 is 0 Å². The van der Waals surface area contributed by atoms with Crippen LogP contribution in [0.15, 0.2) is 35.5 Å². The lowest BCUT2D eigenvalue weighted by atomic mass is 9.86. The molecule has 8 nitrogen and oxygen atoms in total. The number of carbonyl (C=O) groups is 1. The molecule has 2 atom stereocenters. The van der Waals surface area contributed by atoms with Gasteiger partial charge in [-0.3, -0.25) is 9.79 Å². The smallest absolute Gasteiger partial charge is 0.274 e. The summed E-state index contributed by atoms with van der Waals surface area (Å²) in [5.74, 6) is 0.163. The number of benzene rings is 1. The molecule has 1 aromatic heterocycles. The van der Waals surface area contributed by atoms with Crippen molar-refractivity contribution in [2.45, 2.75) is 49.7 Å². The summed E-state index contributed by atoms with van der Waals surface area (Å²) >= 11 is 5.93. The number of nitrogens with zero attached hydrogens (tertiary/aromatic N) is 2. The molecule has 1 aromatic carbocycles. The first-order valence-corrected chi connectivity index (χ1v) is 12.1. The van der Waals surface area contributed by atoms with Gasteiger partial charge in [-0.2, -0.15) is 0 Å². The van der Waals surface area contributed by atoms with Crippen molar-refractivity contribution in [2.24, 2.45) is 10.7 Å². The molecule has 170 valence electrons. The van der Waals surface area contributed by atoms with Crippen LogP contribution in [0.5, 0.6) is 5.75 Å². The Morgan fingerprint density at radius 1 is 1.28 bits per heavy atom. The minimum atomic E-state index is -3.67.